The topological polar surface area (TPSA) is 78.5 Å². The fourth-order valence-electron chi connectivity index (χ4n) is 2.24. The van der Waals surface area contributed by atoms with Gasteiger partial charge in [-0.3, -0.25) is 9.69 Å². The minimum atomic E-state index is -3.47. The molecule has 2 heterocycles. The Morgan fingerprint density at radius 1 is 1.48 bits per heavy atom. The molecular weight excluding hydrogens is 378 g/mol. The van der Waals surface area contributed by atoms with Gasteiger partial charge in [0.2, 0.25) is 5.91 Å². The molecule has 1 amide bonds. The van der Waals surface area contributed by atoms with E-state index in [2.05, 4.69) is 26.0 Å². The number of carbonyl (C=O) groups excluding carboxylic acids is 1. The lowest BCUT2D eigenvalue weighted by Gasteiger charge is -2.31. The standard InChI is InChI=1S/C12H18BrN3O3S2/c1-14-11(17)8-16-5-2-9(3-6-16)15-21(18,19)12-10(13)4-7-20-12/h4,7,9,15H,2-3,5-6,8H2,1H3,(H,14,17). The fraction of sp³-hybridized carbons (Fsp3) is 0.583. The second kappa shape index (κ2) is 7.19. The number of thiophene rings is 1. The maximum Gasteiger partial charge on any atom is 0.251 e. The third-order valence-electron chi connectivity index (χ3n) is 3.38. The van der Waals surface area contributed by atoms with Crippen molar-refractivity contribution in [2.24, 2.45) is 0 Å². The van der Waals surface area contributed by atoms with Crippen molar-refractivity contribution in [1.29, 1.82) is 0 Å². The molecule has 21 heavy (non-hydrogen) atoms. The van der Waals surface area contributed by atoms with E-state index >= 15 is 0 Å². The number of hydrogen-bond acceptors (Lipinski definition) is 5. The largest absolute Gasteiger partial charge is 0.358 e. The fourth-order valence-corrected chi connectivity index (χ4v) is 5.89. The Kier molecular flexibility index (Phi) is 5.78. The van der Waals surface area contributed by atoms with E-state index in [1.807, 2.05) is 4.90 Å². The minimum absolute atomic E-state index is 0.0171. The maximum atomic E-state index is 12.3. The molecule has 118 valence electrons. The molecule has 9 heteroatoms. The van der Waals surface area contributed by atoms with Gasteiger partial charge in [-0.15, -0.1) is 11.3 Å². The molecule has 1 fully saturated rings. The number of nitrogens with zero attached hydrogens (tertiary/aromatic N) is 1. The van der Waals surface area contributed by atoms with Gasteiger partial charge in [0.1, 0.15) is 4.21 Å². The van der Waals surface area contributed by atoms with Gasteiger partial charge in [-0.2, -0.15) is 0 Å². The van der Waals surface area contributed by atoms with Crippen LogP contribution in [0.3, 0.4) is 0 Å². The Hall–Kier alpha value is -0.480. The number of likely N-dealkylation sites (tertiary alicyclic amines) is 1. The number of halogens is 1. The summed E-state index contributed by atoms with van der Waals surface area (Å²) in [6.07, 6.45) is 1.42. The molecule has 1 aromatic rings. The van der Waals surface area contributed by atoms with Crippen LogP contribution in [-0.4, -0.2) is 51.9 Å². The Bertz CT molecular complexity index is 595. The maximum absolute atomic E-state index is 12.3. The van der Waals surface area contributed by atoms with E-state index in [-0.39, 0.29) is 11.9 Å². The van der Waals surface area contributed by atoms with Gasteiger partial charge in [-0.25, -0.2) is 13.1 Å². The number of hydrogen-bond donors (Lipinski definition) is 2. The Balaban J connectivity index is 1.89. The molecule has 0 aromatic carbocycles. The summed E-state index contributed by atoms with van der Waals surface area (Å²) in [7, 11) is -1.86. The molecule has 0 atom stereocenters. The van der Waals surface area contributed by atoms with Crippen LogP contribution >= 0.6 is 27.3 Å². The van der Waals surface area contributed by atoms with E-state index in [0.29, 0.717) is 41.2 Å². The smallest absolute Gasteiger partial charge is 0.251 e. The summed E-state index contributed by atoms with van der Waals surface area (Å²) in [4.78, 5) is 13.3. The molecule has 0 unspecified atom stereocenters. The van der Waals surface area contributed by atoms with Crippen molar-refractivity contribution in [3.8, 4) is 0 Å². The van der Waals surface area contributed by atoms with Gasteiger partial charge in [-0.05, 0) is 40.2 Å². The van der Waals surface area contributed by atoms with Gasteiger partial charge < -0.3 is 5.32 Å². The molecule has 1 saturated heterocycles. The van der Waals surface area contributed by atoms with Crippen LogP contribution in [0.4, 0.5) is 0 Å². The molecular formula is C12H18BrN3O3S2. The SMILES string of the molecule is CNC(=O)CN1CCC(NS(=O)(=O)c2sccc2Br)CC1. The Labute approximate surface area is 137 Å². The van der Waals surface area contributed by atoms with Crippen molar-refractivity contribution in [1.82, 2.24) is 14.9 Å². The lowest BCUT2D eigenvalue weighted by atomic mass is 10.1. The summed E-state index contributed by atoms with van der Waals surface area (Å²) in [5.41, 5.74) is 0. The van der Waals surface area contributed by atoms with Crippen molar-refractivity contribution in [2.75, 3.05) is 26.7 Å². The predicted octanol–water partition coefficient (Wildman–Crippen LogP) is 0.999. The van der Waals surface area contributed by atoms with E-state index in [1.165, 1.54) is 11.3 Å². The summed E-state index contributed by atoms with van der Waals surface area (Å²) in [6.45, 7) is 1.80. The first-order chi connectivity index (χ1) is 9.92. The van der Waals surface area contributed by atoms with E-state index < -0.39 is 10.0 Å². The number of amides is 1. The summed E-state index contributed by atoms with van der Waals surface area (Å²) < 4.78 is 28.2. The third-order valence-corrected chi connectivity index (χ3v) is 7.57. The first-order valence-electron chi connectivity index (χ1n) is 6.60. The van der Waals surface area contributed by atoms with Crippen LogP contribution in [0.1, 0.15) is 12.8 Å². The average Bonchev–Trinajstić information content (AvgIpc) is 2.87. The summed E-state index contributed by atoms with van der Waals surface area (Å²) in [5.74, 6) is -0.0171. The van der Waals surface area contributed by atoms with Gasteiger partial charge in [-0.1, -0.05) is 0 Å². The molecule has 0 saturated carbocycles. The van der Waals surface area contributed by atoms with E-state index in [0.717, 1.165) is 0 Å². The molecule has 0 bridgehead atoms. The first-order valence-corrected chi connectivity index (χ1v) is 9.76. The number of piperidine rings is 1. The quantitative estimate of drug-likeness (QED) is 0.779. The van der Waals surface area contributed by atoms with Crippen LogP contribution in [0.25, 0.3) is 0 Å². The normalized spacial score (nSPS) is 17.8. The molecule has 0 aliphatic carbocycles. The lowest BCUT2D eigenvalue weighted by molar-refractivity contribution is -0.122. The Morgan fingerprint density at radius 2 is 2.14 bits per heavy atom. The monoisotopic (exact) mass is 395 g/mol. The van der Waals surface area contributed by atoms with Gasteiger partial charge >= 0.3 is 0 Å². The summed E-state index contributed by atoms with van der Waals surface area (Å²) in [6, 6.07) is 1.65. The second-order valence-electron chi connectivity index (χ2n) is 4.90. The zero-order valence-electron chi connectivity index (χ0n) is 11.6. The highest BCUT2D eigenvalue weighted by Gasteiger charge is 2.27. The van der Waals surface area contributed by atoms with Crippen LogP contribution in [0, 0.1) is 0 Å². The van der Waals surface area contributed by atoms with Crippen LogP contribution in [0.2, 0.25) is 0 Å². The third kappa shape index (κ3) is 4.49. The number of likely N-dealkylation sites (N-methyl/N-ethyl adjacent to an activating group) is 1. The lowest BCUT2D eigenvalue weighted by Crippen LogP contribution is -2.46. The minimum Gasteiger partial charge on any atom is -0.358 e. The number of rotatable bonds is 5. The van der Waals surface area contributed by atoms with E-state index in [1.54, 1.807) is 18.5 Å². The first kappa shape index (κ1) is 16.9. The van der Waals surface area contributed by atoms with Gasteiger partial charge in [0.15, 0.2) is 0 Å². The highest BCUT2D eigenvalue weighted by Crippen LogP contribution is 2.28. The second-order valence-corrected chi connectivity index (χ2v) is 8.58. The highest BCUT2D eigenvalue weighted by molar-refractivity contribution is 9.10. The van der Waals surface area contributed by atoms with Crippen molar-refractivity contribution in [3.63, 3.8) is 0 Å². The van der Waals surface area contributed by atoms with Crippen LogP contribution in [0.5, 0.6) is 0 Å². The zero-order chi connectivity index (χ0) is 15.5. The number of sulfonamides is 1. The van der Waals surface area contributed by atoms with Gasteiger partial charge in [0.05, 0.1) is 6.54 Å². The van der Waals surface area contributed by atoms with Crippen LogP contribution in [-0.2, 0) is 14.8 Å². The number of nitrogens with one attached hydrogen (secondary N) is 2. The molecule has 0 radical (unpaired) electrons. The molecule has 1 aliphatic rings. The molecule has 1 aromatic heterocycles. The molecule has 1 aliphatic heterocycles. The van der Waals surface area contributed by atoms with Crippen molar-refractivity contribution in [2.45, 2.75) is 23.1 Å². The van der Waals surface area contributed by atoms with Crippen LogP contribution < -0.4 is 10.0 Å². The zero-order valence-corrected chi connectivity index (χ0v) is 14.9. The highest BCUT2D eigenvalue weighted by atomic mass is 79.9. The predicted molar refractivity (Wildman–Crippen MR) is 85.9 cm³/mol. The van der Waals surface area contributed by atoms with Crippen molar-refractivity contribution in [3.05, 3.63) is 15.9 Å². The Morgan fingerprint density at radius 3 is 2.67 bits per heavy atom. The molecule has 2 N–H and O–H groups in total. The van der Waals surface area contributed by atoms with Crippen molar-refractivity contribution < 1.29 is 13.2 Å². The van der Waals surface area contributed by atoms with Gasteiger partial charge in [0, 0.05) is 30.7 Å². The van der Waals surface area contributed by atoms with E-state index in [4.69, 9.17) is 0 Å². The van der Waals surface area contributed by atoms with Gasteiger partial charge in [0.25, 0.3) is 10.0 Å². The molecule has 2 rings (SSSR count). The summed E-state index contributed by atoms with van der Waals surface area (Å²) in [5, 5.41) is 4.33. The van der Waals surface area contributed by atoms with Crippen molar-refractivity contribution >= 4 is 43.2 Å². The number of carbonyl (C=O) groups is 1. The summed E-state index contributed by atoms with van der Waals surface area (Å²) >= 11 is 4.45. The average molecular weight is 396 g/mol. The molecule has 0 spiro atoms. The molecule has 6 nitrogen and oxygen atoms in total. The van der Waals surface area contributed by atoms with Crippen LogP contribution in [0.15, 0.2) is 20.1 Å². The van der Waals surface area contributed by atoms with E-state index in [9.17, 15) is 13.2 Å².